The number of ether oxygens (including phenoxy) is 1. The van der Waals surface area contributed by atoms with Crippen LogP contribution in [0.25, 0.3) is 0 Å². The van der Waals surface area contributed by atoms with Gasteiger partial charge in [-0.25, -0.2) is 0 Å². The van der Waals surface area contributed by atoms with Gasteiger partial charge in [0.05, 0.1) is 0 Å². The molecule has 0 radical (unpaired) electrons. The van der Waals surface area contributed by atoms with Crippen molar-refractivity contribution in [3.8, 4) is 0 Å². The smallest absolute Gasteiger partial charge is 0.306 e. The van der Waals surface area contributed by atoms with E-state index in [2.05, 4.69) is 92.7 Å². The lowest BCUT2D eigenvalue weighted by atomic mass is 9.33. The molecule has 5 aliphatic rings. The standard InChI is InChI=1S/C48H80O2/c1-10-11-12-13-14-15-16-17-18-19-20-21-22-23-24-25-42(49)50-41-29-30-46(7)39(44(41,4)5)28-31-48(9)40(46)27-26-37-38-36-43(2,3)32-33-45(38,6)34-35-47(37,48)8/h14-15,17-18,26,38-41H,10-13,16,19-25,27-36H2,1-9H3/b15-14+,18-17+/t38?,39?,40?,41-,45+,46-,47?,48+/m0/s1. The zero-order chi connectivity index (χ0) is 36.3. The summed E-state index contributed by atoms with van der Waals surface area (Å²) in [6, 6.07) is 0. The van der Waals surface area contributed by atoms with Crippen LogP contribution in [0.4, 0.5) is 0 Å². The molecule has 0 aromatic carbocycles. The van der Waals surface area contributed by atoms with Crippen LogP contribution in [-0.2, 0) is 9.53 Å². The normalized spacial score (nSPS) is 38.9. The predicted molar refractivity (Wildman–Crippen MR) is 214 cm³/mol. The van der Waals surface area contributed by atoms with Gasteiger partial charge in [-0.2, -0.15) is 0 Å². The van der Waals surface area contributed by atoms with E-state index >= 15 is 0 Å². The molecule has 0 aromatic heterocycles. The van der Waals surface area contributed by atoms with Crippen molar-refractivity contribution in [2.75, 3.05) is 0 Å². The first kappa shape index (κ1) is 39.9. The molecule has 2 nitrogen and oxygen atoms in total. The second kappa shape index (κ2) is 16.0. The minimum Gasteiger partial charge on any atom is -0.462 e. The minimum absolute atomic E-state index is 0.0196. The van der Waals surface area contributed by atoms with Gasteiger partial charge in [0.1, 0.15) is 6.10 Å². The lowest BCUT2D eigenvalue weighted by molar-refractivity contribution is -0.212. The maximum atomic E-state index is 13.2. The largest absolute Gasteiger partial charge is 0.462 e. The maximum Gasteiger partial charge on any atom is 0.306 e. The van der Waals surface area contributed by atoms with Crippen LogP contribution in [0.5, 0.6) is 0 Å². The number of hydrogen-bond acceptors (Lipinski definition) is 2. The summed E-state index contributed by atoms with van der Waals surface area (Å²) >= 11 is 0. The molecule has 5 rings (SSSR count). The number of allylic oxidation sites excluding steroid dienone is 6. The average molecular weight is 689 g/mol. The number of unbranched alkanes of at least 4 members (excludes halogenated alkanes) is 8. The molecule has 284 valence electrons. The van der Waals surface area contributed by atoms with Crippen LogP contribution in [0.15, 0.2) is 36.0 Å². The molecular formula is C48H80O2. The topological polar surface area (TPSA) is 26.3 Å². The SMILES string of the molecule is CCCCC/C=C/C/C=C/CCCCCCCC(=O)O[C@H]1CC[C@@]2(C)C(CC[C@]3(C)C2CC=C2C4CC(C)(C)CC[C@]4(C)CCC23C)C1(C)C. The molecule has 0 N–H and O–H groups in total. The molecule has 4 fully saturated rings. The Kier molecular flexibility index (Phi) is 12.7. The molecule has 2 heteroatoms. The first-order valence-electron chi connectivity index (χ1n) is 21.8. The Bertz CT molecular complexity index is 1230. The lowest BCUT2D eigenvalue weighted by Gasteiger charge is -2.71. The van der Waals surface area contributed by atoms with Gasteiger partial charge in [0.15, 0.2) is 0 Å². The number of rotatable bonds is 15. The zero-order valence-corrected chi connectivity index (χ0v) is 34.6. The second-order valence-corrected chi connectivity index (χ2v) is 20.7. The van der Waals surface area contributed by atoms with Gasteiger partial charge in [0, 0.05) is 11.8 Å². The fourth-order valence-corrected chi connectivity index (χ4v) is 13.0. The Balaban J connectivity index is 1.09. The highest BCUT2D eigenvalue weighted by Gasteiger charge is 2.68. The van der Waals surface area contributed by atoms with Crippen molar-refractivity contribution in [1.82, 2.24) is 0 Å². The summed E-state index contributed by atoms with van der Waals surface area (Å²) in [4.78, 5) is 13.2. The minimum atomic E-state index is 0.0196. The Morgan fingerprint density at radius 2 is 1.40 bits per heavy atom. The summed E-state index contributed by atoms with van der Waals surface area (Å²) in [7, 11) is 0. The highest BCUT2D eigenvalue weighted by Crippen LogP contribution is 2.75. The Labute approximate surface area is 310 Å². The molecular weight excluding hydrogens is 609 g/mol. The Morgan fingerprint density at radius 1 is 0.740 bits per heavy atom. The molecule has 5 aliphatic carbocycles. The van der Waals surface area contributed by atoms with Crippen LogP contribution in [0, 0.1) is 50.2 Å². The Hall–Kier alpha value is -1.31. The number of esters is 1. The monoisotopic (exact) mass is 689 g/mol. The third-order valence-corrected chi connectivity index (χ3v) is 16.6. The average Bonchev–Trinajstić information content (AvgIpc) is 3.05. The number of hydrogen-bond donors (Lipinski definition) is 0. The van der Waals surface area contributed by atoms with Crippen LogP contribution in [0.1, 0.15) is 204 Å². The second-order valence-electron chi connectivity index (χ2n) is 20.7. The maximum absolute atomic E-state index is 13.2. The summed E-state index contributed by atoms with van der Waals surface area (Å²) < 4.78 is 6.41. The van der Waals surface area contributed by atoms with Crippen molar-refractivity contribution in [2.24, 2.45) is 50.2 Å². The van der Waals surface area contributed by atoms with Crippen LogP contribution >= 0.6 is 0 Å². The van der Waals surface area contributed by atoms with Gasteiger partial charge >= 0.3 is 5.97 Å². The van der Waals surface area contributed by atoms with E-state index in [9.17, 15) is 4.79 Å². The fraction of sp³-hybridized carbons (Fsp3) is 0.854. The van der Waals surface area contributed by atoms with E-state index < -0.39 is 0 Å². The molecule has 4 unspecified atom stereocenters. The molecule has 0 saturated heterocycles. The molecule has 0 heterocycles. The first-order chi connectivity index (χ1) is 23.6. The quantitative estimate of drug-likeness (QED) is 0.0972. The molecule has 0 amide bonds. The van der Waals surface area contributed by atoms with E-state index in [-0.39, 0.29) is 17.5 Å². The Morgan fingerprint density at radius 3 is 2.12 bits per heavy atom. The fourth-order valence-electron chi connectivity index (χ4n) is 13.0. The van der Waals surface area contributed by atoms with Gasteiger partial charge < -0.3 is 4.74 Å². The van der Waals surface area contributed by atoms with Crippen LogP contribution < -0.4 is 0 Å². The molecule has 0 spiro atoms. The van der Waals surface area contributed by atoms with Gasteiger partial charge in [-0.3, -0.25) is 4.79 Å². The highest BCUT2D eigenvalue weighted by atomic mass is 16.5. The van der Waals surface area contributed by atoms with Crippen molar-refractivity contribution in [3.05, 3.63) is 36.0 Å². The molecule has 0 aromatic rings. The van der Waals surface area contributed by atoms with E-state index in [1.54, 1.807) is 0 Å². The highest BCUT2D eigenvalue weighted by molar-refractivity contribution is 5.69. The van der Waals surface area contributed by atoms with Gasteiger partial charge in [0.2, 0.25) is 0 Å². The van der Waals surface area contributed by atoms with Gasteiger partial charge in [-0.1, -0.05) is 130 Å². The van der Waals surface area contributed by atoms with Gasteiger partial charge in [0.25, 0.3) is 0 Å². The van der Waals surface area contributed by atoms with E-state index in [4.69, 9.17) is 4.74 Å². The van der Waals surface area contributed by atoms with Crippen LogP contribution in [0.3, 0.4) is 0 Å². The molecule has 8 atom stereocenters. The van der Waals surface area contributed by atoms with E-state index in [0.717, 1.165) is 31.6 Å². The summed E-state index contributed by atoms with van der Waals surface area (Å²) in [5, 5.41) is 0. The number of carbonyl (C=O) groups is 1. The van der Waals surface area contributed by atoms with E-state index in [1.165, 1.54) is 109 Å². The van der Waals surface area contributed by atoms with Crippen molar-refractivity contribution in [3.63, 3.8) is 0 Å². The summed E-state index contributed by atoms with van der Waals surface area (Å²) in [5.74, 6) is 2.14. The van der Waals surface area contributed by atoms with Crippen molar-refractivity contribution >= 4 is 5.97 Å². The lowest BCUT2D eigenvalue weighted by Crippen LogP contribution is -2.64. The van der Waals surface area contributed by atoms with E-state index in [1.807, 2.05) is 5.57 Å². The third kappa shape index (κ3) is 7.96. The third-order valence-electron chi connectivity index (χ3n) is 16.6. The predicted octanol–water partition coefficient (Wildman–Crippen LogP) is 14.5. The van der Waals surface area contributed by atoms with E-state index in [0.29, 0.717) is 45.3 Å². The number of carbonyl (C=O) groups excluding carboxylic acids is 1. The van der Waals surface area contributed by atoms with Crippen molar-refractivity contribution < 1.29 is 9.53 Å². The molecule has 4 saturated carbocycles. The molecule has 0 bridgehead atoms. The zero-order valence-electron chi connectivity index (χ0n) is 34.6. The molecule has 50 heavy (non-hydrogen) atoms. The summed E-state index contributed by atoms with van der Waals surface area (Å²) in [6.45, 7) is 23.0. The van der Waals surface area contributed by atoms with Gasteiger partial charge in [-0.15, -0.1) is 0 Å². The summed E-state index contributed by atoms with van der Waals surface area (Å²) in [6.07, 6.45) is 39.1. The van der Waals surface area contributed by atoms with Gasteiger partial charge in [-0.05, 0) is 148 Å². The first-order valence-corrected chi connectivity index (χ1v) is 21.8. The van der Waals surface area contributed by atoms with Crippen molar-refractivity contribution in [2.45, 2.75) is 210 Å². The van der Waals surface area contributed by atoms with Crippen LogP contribution in [-0.4, -0.2) is 12.1 Å². The summed E-state index contributed by atoms with van der Waals surface area (Å²) in [5.41, 5.74) is 3.82. The van der Waals surface area contributed by atoms with Crippen LogP contribution in [0.2, 0.25) is 0 Å². The number of fused-ring (bicyclic) bond motifs is 7. The molecule has 0 aliphatic heterocycles. The van der Waals surface area contributed by atoms with Crippen molar-refractivity contribution in [1.29, 1.82) is 0 Å².